The topological polar surface area (TPSA) is 29.5 Å². The summed E-state index contributed by atoms with van der Waals surface area (Å²) >= 11 is 0. The van der Waals surface area contributed by atoms with Crippen LogP contribution in [0.3, 0.4) is 0 Å². The first-order valence-corrected chi connectivity index (χ1v) is 7.01. The molecule has 0 bridgehead atoms. The maximum absolute atomic E-state index is 10.1. The van der Waals surface area contributed by atoms with Gasteiger partial charge in [0.25, 0.3) is 0 Å². The first-order valence-electron chi connectivity index (χ1n) is 7.01. The van der Waals surface area contributed by atoms with E-state index in [0.29, 0.717) is 0 Å². The molecule has 18 heavy (non-hydrogen) atoms. The van der Waals surface area contributed by atoms with E-state index in [2.05, 4.69) is 32.0 Å². The SMILES string of the molecule is Cc1ccc(CC(O)CC2CCCCO2)cc1C. The number of aryl methyl sites for hydroxylation is 2. The zero-order valence-electron chi connectivity index (χ0n) is 11.5. The van der Waals surface area contributed by atoms with Crippen molar-refractivity contribution in [3.05, 3.63) is 34.9 Å². The van der Waals surface area contributed by atoms with Crippen molar-refractivity contribution in [3.8, 4) is 0 Å². The lowest BCUT2D eigenvalue weighted by Gasteiger charge is -2.24. The summed E-state index contributed by atoms with van der Waals surface area (Å²) in [5.74, 6) is 0. The predicted octanol–water partition coefficient (Wildman–Crippen LogP) is 3.17. The normalized spacial score (nSPS) is 21.8. The highest BCUT2D eigenvalue weighted by Crippen LogP contribution is 2.19. The number of ether oxygens (including phenoxy) is 1. The van der Waals surface area contributed by atoms with Crippen molar-refractivity contribution in [1.29, 1.82) is 0 Å². The summed E-state index contributed by atoms with van der Waals surface area (Å²) in [7, 11) is 0. The van der Waals surface area contributed by atoms with Crippen molar-refractivity contribution in [2.24, 2.45) is 0 Å². The fourth-order valence-electron chi connectivity index (χ4n) is 2.58. The van der Waals surface area contributed by atoms with Gasteiger partial charge in [-0.05, 0) is 62.6 Å². The first-order chi connectivity index (χ1) is 8.65. The standard InChI is InChI=1S/C16H24O2/c1-12-6-7-14(9-13(12)2)10-15(17)11-16-5-3-4-8-18-16/h6-7,9,15-17H,3-5,8,10-11H2,1-2H3. The second kappa shape index (κ2) is 6.35. The Morgan fingerprint density at radius 3 is 2.78 bits per heavy atom. The Morgan fingerprint density at radius 2 is 2.11 bits per heavy atom. The highest BCUT2D eigenvalue weighted by atomic mass is 16.5. The molecule has 2 unspecified atom stereocenters. The van der Waals surface area contributed by atoms with E-state index in [4.69, 9.17) is 4.74 Å². The smallest absolute Gasteiger partial charge is 0.0605 e. The van der Waals surface area contributed by atoms with Crippen LogP contribution in [0.4, 0.5) is 0 Å². The molecule has 2 nitrogen and oxygen atoms in total. The van der Waals surface area contributed by atoms with Crippen LogP contribution in [-0.2, 0) is 11.2 Å². The molecule has 1 aromatic carbocycles. The Balaban J connectivity index is 1.85. The molecule has 100 valence electrons. The maximum Gasteiger partial charge on any atom is 0.0605 e. The van der Waals surface area contributed by atoms with Gasteiger partial charge in [0, 0.05) is 6.61 Å². The minimum absolute atomic E-state index is 0.264. The van der Waals surface area contributed by atoms with Crippen molar-refractivity contribution in [2.45, 2.75) is 58.2 Å². The fourth-order valence-corrected chi connectivity index (χ4v) is 2.58. The lowest BCUT2D eigenvalue weighted by Crippen LogP contribution is -2.25. The molecule has 0 aliphatic carbocycles. The number of hydrogen-bond donors (Lipinski definition) is 1. The molecule has 0 aromatic heterocycles. The van der Waals surface area contributed by atoms with E-state index >= 15 is 0 Å². The zero-order chi connectivity index (χ0) is 13.0. The van der Waals surface area contributed by atoms with Crippen molar-refractivity contribution in [3.63, 3.8) is 0 Å². The predicted molar refractivity (Wildman–Crippen MR) is 73.8 cm³/mol. The molecule has 1 aliphatic rings. The lowest BCUT2D eigenvalue weighted by molar-refractivity contribution is -0.0147. The van der Waals surface area contributed by atoms with Gasteiger partial charge in [-0.3, -0.25) is 0 Å². The molecule has 1 aromatic rings. The van der Waals surface area contributed by atoms with Crippen LogP contribution in [0.15, 0.2) is 18.2 Å². The van der Waals surface area contributed by atoms with Crippen LogP contribution in [0, 0.1) is 13.8 Å². The average Bonchev–Trinajstić information content (AvgIpc) is 2.35. The Kier molecular flexibility index (Phi) is 4.79. The van der Waals surface area contributed by atoms with Gasteiger partial charge in [0.2, 0.25) is 0 Å². The molecule has 0 spiro atoms. The maximum atomic E-state index is 10.1. The Morgan fingerprint density at radius 1 is 1.28 bits per heavy atom. The van der Waals surface area contributed by atoms with Gasteiger partial charge in [0.1, 0.15) is 0 Å². The third kappa shape index (κ3) is 3.82. The molecule has 1 fully saturated rings. The first kappa shape index (κ1) is 13.6. The summed E-state index contributed by atoms with van der Waals surface area (Å²) in [5.41, 5.74) is 3.83. The molecule has 0 amide bonds. The van der Waals surface area contributed by atoms with E-state index in [1.54, 1.807) is 0 Å². The summed E-state index contributed by atoms with van der Waals surface area (Å²) in [5, 5.41) is 10.1. The zero-order valence-corrected chi connectivity index (χ0v) is 11.5. The number of aliphatic hydroxyl groups is 1. The lowest BCUT2D eigenvalue weighted by atomic mass is 9.97. The van der Waals surface area contributed by atoms with Gasteiger partial charge < -0.3 is 9.84 Å². The van der Waals surface area contributed by atoms with Crippen LogP contribution < -0.4 is 0 Å². The molecule has 0 saturated carbocycles. The van der Waals surface area contributed by atoms with Crippen molar-refractivity contribution >= 4 is 0 Å². The summed E-state index contributed by atoms with van der Waals surface area (Å²) in [6.07, 6.45) is 5.00. The largest absolute Gasteiger partial charge is 0.393 e. The van der Waals surface area contributed by atoms with E-state index in [-0.39, 0.29) is 12.2 Å². The molecule has 1 heterocycles. The van der Waals surface area contributed by atoms with Gasteiger partial charge in [0.15, 0.2) is 0 Å². The molecule has 2 heteroatoms. The molecule has 0 radical (unpaired) electrons. The van der Waals surface area contributed by atoms with Crippen LogP contribution in [0.2, 0.25) is 0 Å². The van der Waals surface area contributed by atoms with Crippen LogP contribution in [0.1, 0.15) is 42.4 Å². The molecule has 2 rings (SSSR count). The second-order valence-electron chi connectivity index (χ2n) is 5.50. The third-order valence-corrected chi connectivity index (χ3v) is 3.85. The van der Waals surface area contributed by atoms with Crippen LogP contribution in [0.5, 0.6) is 0 Å². The van der Waals surface area contributed by atoms with E-state index < -0.39 is 0 Å². The minimum Gasteiger partial charge on any atom is -0.393 e. The van der Waals surface area contributed by atoms with Crippen LogP contribution in [0.25, 0.3) is 0 Å². The van der Waals surface area contributed by atoms with Crippen LogP contribution in [-0.4, -0.2) is 23.9 Å². The van der Waals surface area contributed by atoms with E-state index in [9.17, 15) is 5.11 Å². The summed E-state index contributed by atoms with van der Waals surface area (Å²) < 4.78 is 5.67. The van der Waals surface area contributed by atoms with Crippen molar-refractivity contribution in [1.82, 2.24) is 0 Å². The van der Waals surface area contributed by atoms with Crippen LogP contribution >= 0.6 is 0 Å². The summed E-state index contributed by atoms with van der Waals surface area (Å²) in [6, 6.07) is 6.43. The molecule has 1 saturated heterocycles. The van der Waals surface area contributed by atoms with Crippen molar-refractivity contribution in [2.75, 3.05) is 6.61 Å². The second-order valence-corrected chi connectivity index (χ2v) is 5.50. The van der Waals surface area contributed by atoms with E-state index in [1.807, 2.05) is 0 Å². The highest BCUT2D eigenvalue weighted by molar-refractivity contribution is 5.30. The number of rotatable bonds is 4. The summed E-state index contributed by atoms with van der Waals surface area (Å²) in [6.45, 7) is 5.10. The van der Waals surface area contributed by atoms with Gasteiger partial charge in [-0.1, -0.05) is 18.2 Å². The summed E-state index contributed by atoms with van der Waals surface area (Å²) in [4.78, 5) is 0. The van der Waals surface area contributed by atoms with Crippen molar-refractivity contribution < 1.29 is 9.84 Å². The Hall–Kier alpha value is -0.860. The molecular formula is C16H24O2. The van der Waals surface area contributed by atoms with E-state index in [0.717, 1.165) is 25.9 Å². The number of benzene rings is 1. The Bertz CT molecular complexity index is 381. The van der Waals surface area contributed by atoms with Gasteiger partial charge in [-0.25, -0.2) is 0 Å². The number of aliphatic hydroxyl groups excluding tert-OH is 1. The fraction of sp³-hybridized carbons (Fsp3) is 0.625. The molecule has 1 aliphatic heterocycles. The molecular weight excluding hydrogens is 224 g/mol. The molecule has 1 N–H and O–H groups in total. The van der Waals surface area contributed by atoms with Gasteiger partial charge in [-0.15, -0.1) is 0 Å². The molecule has 2 atom stereocenters. The number of hydrogen-bond acceptors (Lipinski definition) is 2. The monoisotopic (exact) mass is 248 g/mol. The van der Waals surface area contributed by atoms with Gasteiger partial charge in [0.05, 0.1) is 12.2 Å². The quantitative estimate of drug-likeness (QED) is 0.887. The van der Waals surface area contributed by atoms with Gasteiger partial charge in [-0.2, -0.15) is 0 Å². The van der Waals surface area contributed by atoms with E-state index in [1.165, 1.54) is 29.5 Å². The highest BCUT2D eigenvalue weighted by Gasteiger charge is 2.18. The Labute approximate surface area is 110 Å². The third-order valence-electron chi connectivity index (χ3n) is 3.85. The minimum atomic E-state index is -0.282. The van der Waals surface area contributed by atoms with Gasteiger partial charge >= 0.3 is 0 Å². The average molecular weight is 248 g/mol.